The van der Waals surface area contributed by atoms with Crippen molar-refractivity contribution in [3.05, 3.63) is 24.3 Å². The maximum atomic E-state index is 4.68. The minimum Gasteiger partial charge on any atom is -0.349 e. The zero-order valence-corrected chi connectivity index (χ0v) is 10.4. The maximum Gasteiger partial charge on any atom is 0.150 e. The minimum atomic E-state index is 0.675. The number of nitrogens with zero attached hydrogens (tertiary/aromatic N) is 2. The Balaban J connectivity index is 1.78. The first-order chi connectivity index (χ1) is 8.43. The Morgan fingerprint density at radius 3 is 3.12 bits per heavy atom. The Morgan fingerprint density at radius 1 is 1.29 bits per heavy atom. The molecule has 1 N–H and O–H groups in total. The number of anilines is 1. The van der Waals surface area contributed by atoms with Crippen LogP contribution in [0, 0.1) is 0 Å². The maximum absolute atomic E-state index is 4.68. The van der Waals surface area contributed by atoms with Gasteiger partial charge in [-0.2, -0.15) is 4.37 Å². The second-order valence-electron chi connectivity index (χ2n) is 4.90. The molecule has 4 heteroatoms. The van der Waals surface area contributed by atoms with Gasteiger partial charge in [0.1, 0.15) is 0 Å². The Labute approximate surface area is 105 Å². The summed E-state index contributed by atoms with van der Waals surface area (Å²) in [7, 11) is 0. The number of hydrogen-bond acceptors (Lipinski definition) is 4. The van der Waals surface area contributed by atoms with Gasteiger partial charge in [0.15, 0.2) is 5.82 Å². The van der Waals surface area contributed by atoms with Crippen molar-refractivity contribution >= 4 is 27.4 Å². The van der Waals surface area contributed by atoms with Crippen LogP contribution in [0.15, 0.2) is 24.3 Å². The summed E-state index contributed by atoms with van der Waals surface area (Å²) in [6, 6.07) is 9.94. The summed E-state index contributed by atoms with van der Waals surface area (Å²) in [5.41, 5.74) is 0. The zero-order valence-electron chi connectivity index (χ0n) is 9.60. The Bertz CT molecular complexity index is 550. The number of hydrogen-bond donors (Lipinski definition) is 1. The van der Waals surface area contributed by atoms with Gasteiger partial charge in [-0.1, -0.05) is 12.1 Å². The van der Waals surface area contributed by atoms with Crippen molar-refractivity contribution in [1.82, 2.24) is 9.69 Å². The molecular weight excluding hydrogens is 230 g/mol. The lowest BCUT2D eigenvalue weighted by atomic mass is 9.83. The summed E-state index contributed by atoms with van der Waals surface area (Å²) in [6.45, 7) is 2.18. The smallest absolute Gasteiger partial charge is 0.150 e. The summed E-state index contributed by atoms with van der Waals surface area (Å²) < 4.78 is 5.98. The second-order valence-corrected chi connectivity index (χ2v) is 5.71. The molecule has 1 aromatic carbocycles. The van der Waals surface area contributed by atoms with Crippen molar-refractivity contribution in [2.75, 3.05) is 18.0 Å². The molecule has 1 saturated heterocycles. The molecule has 0 bridgehead atoms. The van der Waals surface area contributed by atoms with Crippen LogP contribution < -0.4 is 10.2 Å². The Morgan fingerprint density at radius 2 is 2.24 bits per heavy atom. The van der Waals surface area contributed by atoms with E-state index in [1.54, 1.807) is 11.5 Å². The highest BCUT2D eigenvalue weighted by molar-refractivity contribution is 7.13. The lowest BCUT2D eigenvalue weighted by Gasteiger charge is -2.49. The van der Waals surface area contributed by atoms with E-state index in [1.807, 2.05) is 0 Å². The highest BCUT2D eigenvalue weighted by Crippen LogP contribution is 2.36. The van der Waals surface area contributed by atoms with Crippen LogP contribution in [-0.4, -0.2) is 29.5 Å². The Hall–Kier alpha value is -1.13. The molecule has 0 spiro atoms. The van der Waals surface area contributed by atoms with E-state index in [0.717, 1.165) is 13.1 Å². The predicted octanol–water partition coefficient (Wildman–Crippen LogP) is 2.24. The van der Waals surface area contributed by atoms with Crippen LogP contribution in [0.2, 0.25) is 0 Å². The van der Waals surface area contributed by atoms with E-state index in [1.165, 1.54) is 28.7 Å². The van der Waals surface area contributed by atoms with Crippen molar-refractivity contribution in [1.29, 1.82) is 0 Å². The van der Waals surface area contributed by atoms with Gasteiger partial charge in [0.25, 0.3) is 0 Å². The molecule has 17 heavy (non-hydrogen) atoms. The number of benzene rings is 1. The summed E-state index contributed by atoms with van der Waals surface area (Å²) in [5.74, 6) is 1.21. The zero-order chi connectivity index (χ0) is 11.2. The number of nitrogens with one attached hydrogen (secondary N) is 1. The standard InChI is InChI=1S/C13H15N3S/c1-2-4-12-9(3-1)13(15-17-12)16-8-7-14-10-5-6-11(10)16/h1-4,10-11,14H,5-8H2. The van der Waals surface area contributed by atoms with E-state index in [-0.39, 0.29) is 0 Å². The van der Waals surface area contributed by atoms with Crippen molar-refractivity contribution < 1.29 is 0 Å². The summed E-state index contributed by atoms with van der Waals surface area (Å²) in [5, 5.41) is 4.92. The summed E-state index contributed by atoms with van der Waals surface area (Å²) in [6.07, 6.45) is 2.63. The molecule has 1 aliphatic carbocycles. The van der Waals surface area contributed by atoms with Gasteiger partial charge in [0.05, 0.1) is 4.70 Å². The first-order valence-electron chi connectivity index (χ1n) is 6.28. The second kappa shape index (κ2) is 3.68. The normalized spacial score (nSPS) is 27.9. The van der Waals surface area contributed by atoms with Crippen LogP contribution in [0.25, 0.3) is 10.1 Å². The van der Waals surface area contributed by atoms with Gasteiger partial charge in [-0.25, -0.2) is 0 Å². The van der Waals surface area contributed by atoms with Crippen LogP contribution in [0.4, 0.5) is 5.82 Å². The van der Waals surface area contributed by atoms with Crippen molar-refractivity contribution in [2.45, 2.75) is 24.9 Å². The predicted molar refractivity (Wildman–Crippen MR) is 71.8 cm³/mol. The third-order valence-corrected chi connectivity index (χ3v) is 4.84. The molecule has 1 aromatic heterocycles. The third-order valence-electron chi connectivity index (χ3n) is 4.03. The average Bonchev–Trinajstić information content (AvgIpc) is 2.74. The fourth-order valence-corrected chi connectivity index (χ4v) is 3.76. The lowest BCUT2D eigenvalue weighted by molar-refractivity contribution is 0.240. The van der Waals surface area contributed by atoms with Crippen molar-refractivity contribution in [2.24, 2.45) is 0 Å². The minimum absolute atomic E-state index is 0.675. The summed E-state index contributed by atoms with van der Waals surface area (Å²) in [4.78, 5) is 2.52. The van der Waals surface area contributed by atoms with Crippen molar-refractivity contribution in [3.8, 4) is 0 Å². The first kappa shape index (κ1) is 9.85. The lowest BCUT2D eigenvalue weighted by Crippen LogP contribution is -2.63. The number of rotatable bonds is 1. The van der Waals surface area contributed by atoms with Gasteiger partial charge >= 0.3 is 0 Å². The molecule has 2 atom stereocenters. The van der Waals surface area contributed by atoms with Gasteiger partial charge < -0.3 is 10.2 Å². The van der Waals surface area contributed by atoms with Crippen LogP contribution in [-0.2, 0) is 0 Å². The molecule has 2 aromatic rings. The Kier molecular flexibility index (Phi) is 2.13. The monoisotopic (exact) mass is 245 g/mol. The third kappa shape index (κ3) is 1.40. The SMILES string of the molecule is c1ccc2c(N3CCNC4CCC43)nsc2c1. The molecule has 0 amide bonds. The van der Waals surface area contributed by atoms with E-state index in [2.05, 4.69) is 38.9 Å². The first-order valence-corrected chi connectivity index (χ1v) is 7.05. The number of piperazine rings is 1. The topological polar surface area (TPSA) is 28.2 Å². The van der Waals surface area contributed by atoms with Crippen LogP contribution in [0.3, 0.4) is 0 Å². The quantitative estimate of drug-likeness (QED) is 0.835. The number of aromatic nitrogens is 1. The highest BCUT2D eigenvalue weighted by atomic mass is 32.1. The molecule has 1 saturated carbocycles. The van der Waals surface area contributed by atoms with Crippen LogP contribution in [0.1, 0.15) is 12.8 Å². The molecule has 2 heterocycles. The molecule has 2 unspecified atom stereocenters. The molecule has 2 fully saturated rings. The van der Waals surface area contributed by atoms with Crippen LogP contribution in [0.5, 0.6) is 0 Å². The largest absolute Gasteiger partial charge is 0.349 e. The molecule has 88 valence electrons. The van der Waals surface area contributed by atoms with E-state index in [4.69, 9.17) is 0 Å². The molecule has 3 nitrogen and oxygen atoms in total. The highest BCUT2D eigenvalue weighted by Gasteiger charge is 2.39. The van der Waals surface area contributed by atoms with Gasteiger partial charge in [-0.05, 0) is 36.5 Å². The molecule has 0 radical (unpaired) electrons. The fraction of sp³-hybridized carbons (Fsp3) is 0.462. The fourth-order valence-electron chi connectivity index (χ4n) is 2.97. The van der Waals surface area contributed by atoms with E-state index < -0.39 is 0 Å². The van der Waals surface area contributed by atoms with Gasteiger partial charge in [-0.15, -0.1) is 0 Å². The van der Waals surface area contributed by atoms with Gasteiger partial charge in [0.2, 0.25) is 0 Å². The van der Waals surface area contributed by atoms with Crippen LogP contribution >= 0.6 is 11.5 Å². The molecular formula is C13H15N3S. The van der Waals surface area contributed by atoms with E-state index in [9.17, 15) is 0 Å². The summed E-state index contributed by atoms with van der Waals surface area (Å²) >= 11 is 1.62. The number of fused-ring (bicyclic) bond motifs is 2. The van der Waals surface area contributed by atoms with Gasteiger partial charge in [0, 0.05) is 30.6 Å². The average molecular weight is 245 g/mol. The molecule has 2 aliphatic rings. The van der Waals surface area contributed by atoms with E-state index in [0.29, 0.717) is 12.1 Å². The van der Waals surface area contributed by atoms with E-state index >= 15 is 0 Å². The van der Waals surface area contributed by atoms with Crippen molar-refractivity contribution in [3.63, 3.8) is 0 Å². The molecule has 1 aliphatic heterocycles. The molecule has 4 rings (SSSR count). The van der Waals surface area contributed by atoms with Gasteiger partial charge in [-0.3, -0.25) is 0 Å².